The maximum absolute atomic E-state index is 5.55. The lowest BCUT2D eigenvalue weighted by atomic mass is 10.2. The van der Waals surface area contributed by atoms with E-state index in [4.69, 9.17) is 19.4 Å². The van der Waals surface area contributed by atoms with Gasteiger partial charge in [-0.25, -0.2) is 9.97 Å². The first-order valence-electron chi connectivity index (χ1n) is 8.99. The molecule has 0 amide bonds. The fourth-order valence-corrected chi connectivity index (χ4v) is 5.08. The summed E-state index contributed by atoms with van der Waals surface area (Å²) < 4.78 is 13.2. The fourth-order valence-electron chi connectivity index (χ4n) is 3.16. The predicted molar refractivity (Wildman–Crippen MR) is 116 cm³/mol. The van der Waals surface area contributed by atoms with Gasteiger partial charge in [0.15, 0.2) is 16.7 Å². The highest BCUT2D eigenvalue weighted by atomic mass is 32.2. The van der Waals surface area contributed by atoms with Crippen LogP contribution >= 0.6 is 23.1 Å². The summed E-state index contributed by atoms with van der Waals surface area (Å²) in [5, 5.41) is 4.05. The first-order chi connectivity index (χ1) is 13.7. The number of ether oxygens (including phenoxy) is 2. The topological polar surface area (TPSA) is 49.2 Å². The van der Waals surface area contributed by atoms with Crippen LogP contribution in [0, 0.1) is 0 Å². The highest BCUT2D eigenvalue weighted by molar-refractivity contribution is 7.98. The van der Waals surface area contributed by atoms with Crippen molar-refractivity contribution in [3.63, 3.8) is 0 Å². The van der Waals surface area contributed by atoms with Gasteiger partial charge >= 0.3 is 0 Å². The maximum atomic E-state index is 5.55. The largest absolute Gasteiger partial charge is 0.493 e. The molecule has 4 rings (SSSR count). The quantitative estimate of drug-likeness (QED) is 0.376. The number of imidazole rings is 1. The third-order valence-electron chi connectivity index (χ3n) is 4.47. The molecule has 0 saturated heterocycles. The number of aryl methyl sites for hydroxylation is 1. The fraction of sp³-hybridized carbons (Fsp3) is 0.238. The molecule has 144 valence electrons. The molecule has 0 N–H and O–H groups in total. The van der Waals surface area contributed by atoms with E-state index in [-0.39, 0.29) is 0 Å². The first kappa shape index (κ1) is 18.8. The highest BCUT2D eigenvalue weighted by Crippen LogP contribution is 2.39. The molecule has 0 fully saturated rings. The number of thiazole rings is 1. The van der Waals surface area contributed by atoms with Crippen molar-refractivity contribution in [3.05, 3.63) is 53.5 Å². The minimum absolute atomic E-state index is 0.711. The van der Waals surface area contributed by atoms with Crippen LogP contribution in [0.25, 0.3) is 21.6 Å². The van der Waals surface area contributed by atoms with Crippen LogP contribution in [-0.4, -0.2) is 28.8 Å². The molecule has 0 saturated carbocycles. The molecule has 0 aliphatic rings. The Balaban J connectivity index is 1.57. The molecule has 0 aliphatic carbocycles. The van der Waals surface area contributed by atoms with Crippen LogP contribution in [0.4, 0.5) is 0 Å². The van der Waals surface area contributed by atoms with E-state index in [2.05, 4.69) is 35.1 Å². The zero-order chi connectivity index (χ0) is 19.5. The smallest absolute Gasteiger partial charge is 0.170 e. The van der Waals surface area contributed by atoms with Crippen molar-refractivity contribution < 1.29 is 9.47 Å². The Kier molecular flexibility index (Phi) is 5.54. The van der Waals surface area contributed by atoms with Crippen molar-refractivity contribution >= 4 is 34.1 Å². The van der Waals surface area contributed by atoms with E-state index < -0.39 is 0 Å². The summed E-state index contributed by atoms with van der Waals surface area (Å²) in [4.78, 5) is 9.59. The Hall–Kier alpha value is -2.51. The van der Waals surface area contributed by atoms with E-state index >= 15 is 0 Å². The standard InChI is InChI=1S/C21H21N3O2S2/c1-4-24-17-10-6-5-9-16(17)23-21(24)28-13-14-12-27-20(22-14)15-8-7-11-18(25-2)19(15)26-3/h5-12H,4,13H2,1-3H3. The van der Waals surface area contributed by atoms with E-state index in [0.717, 1.165) is 39.2 Å². The second-order valence-electron chi connectivity index (χ2n) is 6.10. The maximum Gasteiger partial charge on any atom is 0.170 e. The van der Waals surface area contributed by atoms with Gasteiger partial charge in [-0.05, 0) is 31.2 Å². The van der Waals surface area contributed by atoms with Crippen molar-refractivity contribution in [2.75, 3.05) is 14.2 Å². The molecule has 0 spiro atoms. The summed E-state index contributed by atoms with van der Waals surface area (Å²) in [5.74, 6) is 2.20. The second-order valence-corrected chi connectivity index (χ2v) is 7.90. The van der Waals surface area contributed by atoms with E-state index in [9.17, 15) is 0 Å². The van der Waals surface area contributed by atoms with Gasteiger partial charge in [-0.1, -0.05) is 30.0 Å². The third kappa shape index (κ3) is 3.47. The average molecular weight is 412 g/mol. The molecule has 4 aromatic rings. The Morgan fingerprint density at radius 3 is 2.68 bits per heavy atom. The molecule has 0 bridgehead atoms. The van der Waals surface area contributed by atoms with Gasteiger partial charge < -0.3 is 14.0 Å². The number of hydrogen-bond donors (Lipinski definition) is 0. The molecule has 7 heteroatoms. The second kappa shape index (κ2) is 8.24. The normalized spacial score (nSPS) is 11.1. The number of para-hydroxylation sites is 3. The number of benzene rings is 2. The molecule has 2 aromatic carbocycles. The van der Waals surface area contributed by atoms with Crippen LogP contribution in [0.2, 0.25) is 0 Å². The first-order valence-corrected chi connectivity index (χ1v) is 10.9. The van der Waals surface area contributed by atoms with Gasteiger partial charge in [-0.15, -0.1) is 11.3 Å². The van der Waals surface area contributed by atoms with Crippen LogP contribution in [-0.2, 0) is 12.3 Å². The van der Waals surface area contributed by atoms with Crippen LogP contribution < -0.4 is 9.47 Å². The zero-order valence-corrected chi connectivity index (χ0v) is 17.6. The monoisotopic (exact) mass is 411 g/mol. The van der Waals surface area contributed by atoms with Crippen molar-refractivity contribution in [3.8, 4) is 22.1 Å². The summed E-state index contributed by atoms with van der Waals surface area (Å²) in [7, 11) is 3.30. The van der Waals surface area contributed by atoms with E-state index in [1.54, 1.807) is 37.3 Å². The van der Waals surface area contributed by atoms with Gasteiger partial charge in [0.1, 0.15) is 5.01 Å². The van der Waals surface area contributed by atoms with Gasteiger partial charge in [-0.2, -0.15) is 0 Å². The summed E-state index contributed by atoms with van der Waals surface area (Å²) in [6, 6.07) is 14.1. The van der Waals surface area contributed by atoms with Gasteiger partial charge in [0, 0.05) is 17.7 Å². The number of methoxy groups -OCH3 is 2. The average Bonchev–Trinajstić information content (AvgIpc) is 3.35. The number of nitrogens with zero attached hydrogens (tertiary/aromatic N) is 3. The Bertz CT molecular complexity index is 1100. The third-order valence-corrected chi connectivity index (χ3v) is 6.40. The predicted octanol–water partition coefficient (Wildman–Crippen LogP) is 5.49. The molecule has 5 nitrogen and oxygen atoms in total. The number of aromatic nitrogens is 3. The SMILES string of the molecule is CCn1c(SCc2csc(-c3cccc(OC)c3OC)n2)nc2ccccc21. The zero-order valence-electron chi connectivity index (χ0n) is 16.0. The van der Waals surface area contributed by atoms with Gasteiger partial charge in [0.05, 0.1) is 36.5 Å². The van der Waals surface area contributed by atoms with E-state index in [0.29, 0.717) is 11.5 Å². The Labute approximate surface area is 172 Å². The molecule has 0 radical (unpaired) electrons. The van der Waals surface area contributed by atoms with Crippen molar-refractivity contribution in [2.45, 2.75) is 24.4 Å². The van der Waals surface area contributed by atoms with Crippen molar-refractivity contribution in [2.24, 2.45) is 0 Å². The molecular weight excluding hydrogens is 390 g/mol. The van der Waals surface area contributed by atoms with Crippen LogP contribution in [0.1, 0.15) is 12.6 Å². The molecule has 2 heterocycles. The van der Waals surface area contributed by atoms with Gasteiger partial charge in [0.2, 0.25) is 0 Å². The van der Waals surface area contributed by atoms with E-state index in [1.807, 2.05) is 24.3 Å². The Morgan fingerprint density at radius 1 is 1.04 bits per heavy atom. The number of hydrogen-bond acceptors (Lipinski definition) is 6. The number of thioether (sulfide) groups is 1. The molecule has 0 atom stereocenters. The van der Waals surface area contributed by atoms with Crippen LogP contribution in [0.3, 0.4) is 0 Å². The number of rotatable bonds is 7. The van der Waals surface area contributed by atoms with Crippen molar-refractivity contribution in [1.29, 1.82) is 0 Å². The molecule has 2 aromatic heterocycles. The van der Waals surface area contributed by atoms with Crippen molar-refractivity contribution in [1.82, 2.24) is 14.5 Å². The summed E-state index contributed by atoms with van der Waals surface area (Å²) >= 11 is 3.33. The lowest BCUT2D eigenvalue weighted by Crippen LogP contribution is -1.96. The minimum atomic E-state index is 0.711. The van der Waals surface area contributed by atoms with Gasteiger partial charge in [-0.3, -0.25) is 0 Å². The molecule has 28 heavy (non-hydrogen) atoms. The summed E-state index contributed by atoms with van der Waals surface area (Å²) in [6.07, 6.45) is 0. The molecular formula is C21H21N3O2S2. The minimum Gasteiger partial charge on any atom is -0.493 e. The summed E-state index contributed by atoms with van der Waals surface area (Å²) in [6.45, 7) is 3.04. The lowest BCUT2D eigenvalue weighted by Gasteiger charge is -2.10. The van der Waals surface area contributed by atoms with Gasteiger partial charge in [0.25, 0.3) is 0 Å². The lowest BCUT2D eigenvalue weighted by molar-refractivity contribution is 0.356. The highest BCUT2D eigenvalue weighted by Gasteiger charge is 2.15. The van der Waals surface area contributed by atoms with Crippen LogP contribution in [0.5, 0.6) is 11.5 Å². The Morgan fingerprint density at radius 2 is 1.89 bits per heavy atom. The van der Waals surface area contributed by atoms with E-state index in [1.165, 1.54) is 5.52 Å². The number of fused-ring (bicyclic) bond motifs is 1. The molecule has 0 aliphatic heterocycles. The van der Waals surface area contributed by atoms with Crippen LogP contribution in [0.15, 0.2) is 53.0 Å². The molecule has 0 unspecified atom stereocenters. The summed E-state index contributed by atoms with van der Waals surface area (Å²) in [5.41, 5.74) is 4.19.